The van der Waals surface area contributed by atoms with Gasteiger partial charge >= 0.3 is 11.9 Å². The molecule has 0 radical (unpaired) electrons. The largest absolute Gasteiger partial charge is 0.481 e. The number of ether oxygens (including phenoxy) is 1. The number of aliphatic carboxylic acids is 1. The Morgan fingerprint density at radius 2 is 1.94 bits per heavy atom. The Bertz CT molecular complexity index is 1020. The van der Waals surface area contributed by atoms with Gasteiger partial charge in [-0.05, 0) is 38.3 Å². The summed E-state index contributed by atoms with van der Waals surface area (Å²) >= 11 is 6.35. The van der Waals surface area contributed by atoms with E-state index in [1.807, 2.05) is 19.1 Å². The summed E-state index contributed by atoms with van der Waals surface area (Å²) in [5, 5.41) is 8.82. The fraction of sp³-hybridized carbons (Fsp3) is 0.440. The molecule has 2 atom stereocenters. The van der Waals surface area contributed by atoms with Crippen molar-refractivity contribution >= 4 is 35.1 Å². The lowest BCUT2D eigenvalue weighted by atomic mass is 9.79. The van der Waals surface area contributed by atoms with E-state index in [4.69, 9.17) is 21.4 Å². The topological polar surface area (TPSA) is 101 Å². The first-order chi connectivity index (χ1) is 15.4. The highest BCUT2D eigenvalue weighted by molar-refractivity contribution is 6.49. The first-order valence-electron chi connectivity index (χ1n) is 10.9. The molecule has 0 amide bonds. The molecule has 178 valence electrons. The minimum absolute atomic E-state index is 0.0370. The highest BCUT2D eigenvalue weighted by Gasteiger charge is 2.52. The van der Waals surface area contributed by atoms with Crippen molar-refractivity contribution in [3.8, 4) is 0 Å². The van der Waals surface area contributed by atoms with Crippen molar-refractivity contribution in [1.29, 1.82) is 0 Å². The predicted molar refractivity (Wildman–Crippen MR) is 125 cm³/mol. The summed E-state index contributed by atoms with van der Waals surface area (Å²) < 4.78 is 5.09. The smallest absolute Gasteiger partial charge is 0.304 e. The van der Waals surface area contributed by atoms with Crippen molar-refractivity contribution < 1.29 is 29.0 Å². The number of Topliss-reactive ketones (excluding diaryl/α,β-unsaturated/α-hetero) is 2. The monoisotopic (exact) mass is 475 g/mol. The number of rotatable bonds is 9. The van der Waals surface area contributed by atoms with Gasteiger partial charge in [-0.15, -0.1) is 0 Å². The third-order valence-corrected chi connectivity index (χ3v) is 5.97. The molecule has 1 heterocycles. The van der Waals surface area contributed by atoms with Crippen molar-refractivity contribution in [3.05, 3.63) is 58.0 Å². The zero-order chi connectivity index (χ0) is 24.9. The van der Waals surface area contributed by atoms with E-state index < -0.39 is 29.1 Å². The van der Waals surface area contributed by atoms with Crippen molar-refractivity contribution in [1.82, 2.24) is 4.90 Å². The molecule has 0 bridgehead atoms. The quantitative estimate of drug-likeness (QED) is 0.298. The molecule has 1 N–H and O–H groups in total. The van der Waals surface area contributed by atoms with Gasteiger partial charge in [0.1, 0.15) is 0 Å². The number of hydrogen-bond acceptors (Lipinski definition) is 6. The maximum atomic E-state index is 13.2. The van der Waals surface area contributed by atoms with Gasteiger partial charge in [0, 0.05) is 42.9 Å². The number of carbonyl (C=O) groups is 4. The van der Waals surface area contributed by atoms with E-state index in [-0.39, 0.29) is 22.6 Å². The molecule has 0 aromatic carbocycles. The Morgan fingerprint density at radius 3 is 2.52 bits per heavy atom. The van der Waals surface area contributed by atoms with Gasteiger partial charge in [0.25, 0.3) is 0 Å². The maximum absolute atomic E-state index is 13.2. The lowest BCUT2D eigenvalue weighted by Crippen LogP contribution is -2.52. The molecule has 0 aromatic heterocycles. The van der Waals surface area contributed by atoms with Crippen LogP contribution in [0.2, 0.25) is 0 Å². The molecule has 0 aromatic rings. The second-order valence-corrected chi connectivity index (χ2v) is 8.82. The van der Waals surface area contributed by atoms with Crippen LogP contribution in [-0.4, -0.2) is 45.7 Å². The summed E-state index contributed by atoms with van der Waals surface area (Å²) in [6, 6.07) is 0. The van der Waals surface area contributed by atoms with Gasteiger partial charge in [-0.25, -0.2) is 0 Å². The SMILES string of the molecule is CC[C@H](C)C=C(C)C=CC1=CC2=C(Cl)C(=O)[C@@](C)(OC(C)=O)C(=O)C2=CN1CCCC(=O)O. The van der Waals surface area contributed by atoms with E-state index in [0.717, 1.165) is 18.9 Å². The number of carbonyl (C=O) groups excluding carboxylic acids is 3. The fourth-order valence-corrected chi connectivity index (χ4v) is 3.96. The van der Waals surface area contributed by atoms with Gasteiger partial charge in [0.05, 0.1) is 5.03 Å². The van der Waals surface area contributed by atoms with E-state index in [1.165, 1.54) is 6.92 Å². The van der Waals surface area contributed by atoms with Crippen LogP contribution in [0.1, 0.15) is 53.9 Å². The molecule has 1 aliphatic heterocycles. The third kappa shape index (κ3) is 6.11. The van der Waals surface area contributed by atoms with E-state index in [0.29, 0.717) is 24.6 Å². The number of allylic oxidation sites excluding steroid dienone is 6. The second kappa shape index (κ2) is 10.8. The molecule has 8 heteroatoms. The summed E-state index contributed by atoms with van der Waals surface area (Å²) in [7, 11) is 0. The van der Waals surface area contributed by atoms with Crippen LogP contribution in [-0.2, 0) is 23.9 Å². The average Bonchev–Trinajstić information content (AvgIpc) is 2.74. The standard InChI is InChI=1S/C25H30ClNO6/c1-6-15(2)12-16(3)9-10-18-13-19-20(14-27(18)11-7-8-21(29)30)23(31)25(5,33-17(4)28)24(32)22(19)26/h9-10,12-15H,6-8,11H2,1-5H3,(H,29,30)/t15-,25-/m0/s1. The Labute approximate surface area is 199 Å². The van der Waals surface area contributed by atoms with Crippen molar-refractivity contribution in [2.45, 2.75) is 59.5 Å². The average molecular weight is 476 g/mol. The zero-order valence-electron chi connectivity index (χ0n) is 19.6. The molecule has 0 unspecified atom stereocenters. The third-order valence-electron chi connectivity index (χ3n) is 5.59. The summed E-state index contributed by atoms with van der Waals surface area (Å²) in [6.45, 7) is 8.88. The number of carboxylic acids is 1. The highest BCUT2D eigenvalue weighted by Crippen LogP contribution is 2.39. The molecule has 0 saturated heterocycles. The van der Waals surface area contributed by atoms with Crippen LogP contribution in [0, 0.1) is 5.92 Å². The Morgan fingerprint density at radius 1 is 1.27 bits per heavy atom. The predicted octanol–water partition coefficient (Wildman–Crippen LogP) is 4.45. The molecule has 0 fully saturated rings. The van der Waals surface area contributed by atoms with Crippen molar-refractivity contribution in [2.24, 2.45) is 5.92 Å². The fourth-order valence-electron chi connectivity index (χ4n) is 3.62. The first kappa shape index (κ1) is 26.3. The van der Waals surface area contributed by atoms with Crippen molar-refractivity contribution in [3.63, 3.8) is 0 Å². The van der Waals surface area contributed by atoms with Gasteiger partial charge in [-0.2, -0.15) is 0 Å². The highest BCUT2D eigenvalue weighted by atomic mass is 35.5. The lowest BCUT2D eigenvalue weighted by Gasteiger charge is -2.35. The van der Waals surface area contributed by atoms with Crippen molar-refractivity contribution in [2.75, 3.05) is 6.54 Å². The number of halogens is 1. The van der Waals surface area contributed by atoms with Gasteiger partial charge in [0.15, 0.2) is 0 Å². The van der Waals surface area contributed by atoms with Crippen LogP contribution < -0.4 is 0 Å². The van der Waals surface area contributed by atoms with Crippen LogP contribution in [0.3, 0.4) is 0 Å². The molecule has 7 nitrogen and oxygen atoms in total. The van der Waals surface area contributed by atoms with E-state index >= 15 is 0 Å². The summed E-state index contributed by atoms with van der Waals surface area (Å²) in [5.74, 6) is -2.72. The number of esters is 1. The van der Waals surface area contributed by atoms with Gasteiger partial charge in [0.2, 0.25) is 17.2 Å². The van der Waals surface area contributed by atoms with E-state index in [1.54, 1.807) is 17.2 Å². The maximum Gasteiger partial charge on any atom is 0.304 e. The number of fused-ring (bicyclic) bond motifs is 1. The Kier molecular flexibility index (Phi) is 8.61. The van der Waals surface area contributed by atoms with Gasteiger partial charge in [-0.3, -0.25) is 19.2 Å². The Hall–Kier alpha value is -2.93. The summed E-state index contributed by atoms with van der Waals surface area (Å²) in [4.78, 5) is 50.3. The van der Waals surface area contributed by atoms with Gasteiger partial charge in [-0.1, -0.05) is 49.6 Å². The number of hydrogen-bond donors (Lipinski definition) is 1. The number of nitrogens with zero attached hydrogens (tertiary/aromatic N) is 1. The number of ketones is 2. The molecule has 0 spiro atoms. The summed E-state index contributed by atoms with van der Waals surface area (Å²) in [6.07, 6.45) is 10.4. The summed E-state index contributed by atoms with van der Waals surface area (Å²) in [5.41, 5.74) is 0.0632. The van der Waals surface area contributed by atoms with Crippen LogP contribution in [0.15, 0.2) is 58.0 Å². The second-order valence-electron chi connectivity index (χ2n) is 8.45. The minimum atomic E-state index is -2.04. The van der Waals surface area contributed by atoms with Gasteiger partial charge < -0.3 is 14.7 Å². The molecule has 1 aliphatic carbocycles. The molecular formula is C25H30ClNO6. The van der Waals surface area contributed by atoms with Crippen LogP contribution >= 0.6 is 11.6 Å². The first-order valence-corrected chi connectivity index (χ1v) is 11.3. The van der Waals surface area contributed by atoms with Crippen LogP contribution in [0.5, 0.6) is 0 Å². The van der Waals surface area contributed by atoms with Crippen LogP contribution in [0.4, 0.5) is 0 Å². The molecule has 0 saturated carbocycles. The normalized spacial score (nSPS) is 22.2. The van der Waals surface area contributed by atoms with E-state index in [2.05, 4.69) is 19.9 Å². The van der Waals surface area contributed by atoms with E-state index in [9.17, 15) is 19.2 Å². The minimum Gasteiger partial charge on any atom is -0.481 e. The van der Waals surface area contributed by atoms with Crippen LogP contribution in [0.25, 0.3) is 0 Å². The molecule has 2 rings (SSSR count). The molecule has 2 aliphatic rings. The molecular weight excluding hydrogens is 446 g/mol. The zero-order valence-corrected chi connectivity index (χ0v) is 20.4. The Balaban J connectivity index is 2.52. The lowest BCUT2D eigenvalue weighted by molar-refractivity contribution is -0.167. The molecule has 33 heavy (non-hydrogen) atoms. The number of carboxylic acid groups (broad SMARTS) is 1.